The molecule has 7 nitrogen and oxygen atoms in total. The highest BCUT2D eigenvalue weighted by atomic mass is 32.1. The van der Waals surface area contributed by atoms with E-state index in [-0.39, 0.29) is 22.7 Å². The van der Waals surface area contributed by atoms with Crippen LogP contribution in [-0.4, -0.2) is 33.7 Å². The van der Waals surface area contributed by atoms with E-state index < -0.39 is 5.91 Å². The zero-order valence-electron chi connectivity index (χ0n) is 17.8. The van der Waals surface area contributed by atoms with Crippen molar-refractivity contribution in [2.45, 2.75) is 19.5 Å². The zero-order chi connectivity index (χ0) is 23.4. The molecule has 4 aromatic rings. The summed E-state index contributed by atoms with van der Waals surface area (Å²) in [5.74, 6) is -0.781. The number of rotatable bonds is 7. The third-order valence-electron chi connectivity index (χ3n) is 5.11. The third-order valence-corrected chi connectivity index (χ3v) is 6.23. The lowest BCUT2D eigenvalue weighted by atomic mass is 10.1. The molecule has 4 rings (SSSR count). The molecular weight excluding hydrogens is 463 g/mol. The van der Waals surface area contributed by atoms with Crippen molar-refractivity contribution >= 4 is 40.4 Å². The van der Waals surface area contributed by atoms with Gasteiger partial charge in [-0.05, 0) is 42.9 Å². The van der Waals surface area contributed by atoms with Gasteiger partial charge in [-0.25, -0.2) is 4.39 Å². The number of ether oxygens (including phenoxy) is 1. The Morgan fingerprint density at radius 1 is 1.27 bits per heavy atom. The van der Waals surface area contributed by atoms with Gasteiger partial charge in [-0.1, -0.05) is 18.2 Å². The number of nitrogens with one attached hydrogen (secondary N) is 1. The molecule has 33 heavy (non-hydrogen) atoms. The molecule has 0 atom stereocenters. The van der Waals surface area contributed by atoms with E-state index in [1.807, 2.05) is 0 Å². The molecule has 0 saturated heterocycles. The number of hydrogen-bond acceptors (Lipinski definition) is 5. The van der Waals surface area contributed by atoms with Gasteiger partial charge in [-0.2, -0.15) is 4.99 Å². The minimum atomic E-state index is -0.467. The molecule has 0 saturated carbocycles. The molecule has 0 radical (unpaired) electrons. The van der Waals surface area contributed by atoms with Crippen LogP contribution in [0, 0.1) is 10.6 Å². The van der Waals surface area contributed by atoms with Gasteiger partial charge < -0.3 is 14.3 Å². The number of carbonyl (C=O) groups excluding carboxylic acids is 1. The summed E-state index contributed by atoms with van der Waals surface area (Å²) in [6.45, 7) is 1.22. The number of methoxy groups -OCH3 is 1. The first-order valence-electron chi connectivity index (χ1n) is 10.2. The fourth-order valence-electron chi connectivity index (χ4n) is 3.43. The SMILES string of the molecule is COCCCn1c(=S)[nH]c2cc(C(=O)N=c3sccn3Cc3ccccc3F)ccc2c1=O. The van der Waals surface area contributed by atoms with Crippen molar-refractivity contribution in [1.82, 2.24) is 14.1 Å². The normalized spacial score (nSPS) is 11.9. The Kier molecular flexibility index (Phi) is 7.07. The Morgan fingerprint density at radius 3 is 2.88 bits per heavy atom. The topological polar surface area (TPSA) is 81.4 Å². The quantitative estimate of drug-likeness (QED) is 0.319. The predicted molar refractivity (Wildman–Crippen MR) is 128 cm³/mol. The Morgan fingerprint density at radius 2 is 2.09 bits per heavy atom. The second kappa shape index (κ2) is 10.2. The third kappa shape index (κ3) is 5.08. The molecular formula is C23H21FN4O3S2. The van der Waals surface area contributed by atoms with Gasteiger partial charge in [-0.15, -0.1) is 11.3 Å². The lowest BCUT2D eigenvalue weighted by molar-refractivity contribution is 0.0998. The van der Waals surface area contributed by atoms with Crippen molar-refractivity contribution in [2.75, 3.05) is 13.7 Å². The number of thiazole rings is 1. The van der Waals surface area contributed by atoms with Gasteiger partial charge in [0.05, 0.1) is 17.4 Å². The Balaban J connectivity index is 1.65. The Bertz CT molecular complexity index is 1500. The van der Waals surface area contributed by atoms with E-state index >= 15 is 0 Å². The van der Waals surface area contributed by atoms with Crippen LogP contribution in [-0.2, 0) is 17.8 Å². The molecule has 1 N–H and O–H groups in total. The summed E-state index contributed by atoms with van der Waals surface area (Å²) in [7, 11) is 1.60. The zero-order valence-corrected chi connectivity index (χ0v) is 19.4. The molecule has 10 heteroatoms. The highest BCUT2D eigenvalue weighted by molar-refractivity contribution is 7.71. The maximum atomic E-state index is 14.0. The number of halogens is 1. The first-order chi connectivity index (χ1) is 16.0. The summed E-state index contributed by atoms with van der Waals surface area (Å²) in [4.78, 5) is 33.4. The molecule has 0 aliphatic rings. The molecule has 0 bridgehead atoms. The Hall–Kier alpha value is -3.21. The van der Waals surface area contributed by atoms with Crippen molar-refractivity contribution in [2.24, 2.45) is 4.99 Å². The van der Waals surface area contributed by atoms with Crippen molar-refractivity contribution < 1.29 is 13.9 Å². The molecule has 1 amide bonds. The van der Waals surface area contributed by atoms with Crippen LogP contribution in [0.5, 0.6) is 0 Å². The van der Waals surface area contributed by atoms with Crippen LogP contribution in [0.3, 0.4) is 0 Å². The van der Waals surface area contributed by atoms with E-state index in [2.05, 4.69) is 9.98 Å². The average Bonchev–Trinajstić information content (AvgIpc) is 3.23. The summed E-state index contributed by atoms with van der Waals surface area (Å²) >= 11 is 6.62. The maximum Gasteiger partial charge on any atom is 0.279 e. The summed E-state index contributed by atoms with van der Waals surface area (Å²) in [6.07, 6.45) is 2.41. The number of nitrogens with zero attached hydrogens (tertiary/aromatic N) is 3. The number of H-pyrrole nitrogens is 1. The van der Waals surface area contributed by atoms with Crippen LogP contribution in [0.15, 0.2) is 63.8 Å². The molecule has 0 aliphatic heterocycles. The number of aromatic amines is 1. The highest BCUT2D eigenvalue weighted by Gasteiger charge is 2.11. The molecule has 0 spiro atoms. The van der Waals surface area contributed by atoms with Crippen LogP contribution in [0.25, 0.3) is 10.9 Å². The van der Waals surface area contributed by atoms with Gasteiger partial charge >= 0.3 is 0 Å². The van der Waals surface area contributed by atoms with Crippen molar-refractivity contribution in [1.29, 1.82) is 0 Å². The molecule has 2 aromatic carbocycles. The lowest BCUT2D eigenvalue weighted by Crippen LogP contribution is -2.23. The number of amides is 1. The lowest BCUT2D eigenvalue weighted by Gasteiger charge is -2.08. The van der Waals surface area contributed by atoms with Gasteiger partial charge in [0.25, 0.3) is 11.5 Å². The maximum absolute atomic E-state index is 14.0. The first kappa shape index (κ1) is 23.0. The van der Waals surface area contributed by atoms with E-state index in [0.29, 0.717) is 46.4 Å². The smallest absolute Gasteiger partial charge is 0.279 e. The number of aromatic nitrogens is 3. The van der Waals surface area contributed by atoms with Crippen molar-refractivity contribution in [3.8, 4) is 0 Å². The van der Waals surface area contributed by atoms with Crippen LogP contribution in [0.4, 0.5) is 4.39 Å². The Labute approximate surface area is 197 Å². The second-order valence-electron chi connectivity index (χ2n) is 7.32. The fourth-order valence-corrected chi connectivity index (χ4v) is 4.44. The molecule has 0 unspecified atom stereocenters. The van der Waals surface area contributed by atoms with Gasteiger partial charge in [0.2, 0.25) is 0 Å². The minimum Gasteiger partial charge on any atom is -0.385 e. The van der Waals surface area contributed by atoms with Crippen molar-refractivity contribution in [3.63, 3.8) is 0 Å². The minimum absolute atomic E-state index is 0.221. The molecule has 170 valence electrons. The standard InChI is InChI=1S/C23H21FN4O3S2/c1-31-11-4-9-28-21(30)17-8-7-15(13-19(17)25-22(28)32)20(29)26-23-27(10-12-33-23)14-16-5-2-3-6-18(16)24/h2-3,5-8,10,12-13H,4,9,11,14H2,1H3,(H,25,32). The van der Waals surface area contributed by atoms with E-state index in [0.717, 1.165) is 0 Å². The number of fused-ring (bicyclic) bond motifs is 1. The molecule has 2 aromatic heterocycles. The molecule has 0 aliphatic carbocycles. The van der Waals surface area contributed by atoms with Gasteiger partial charge in [0.1, 0.15) is 5.82 Å². The number of benzene rings is 2. The average molecular weight is 485 g/mol. The van der Waals surface area contributed by atoms with Crippen LogP contribution in [0.1, 0.15) is 22.3 Å². The summed E-state index contributed by atoms with van der Waals surface area (Å²) in [5, 5.41) is 2.22. The van der Waals surface area contributed by atoms with Crippen molar-refractivity contribution in [3.05, 3.63) is 90.9 Å². The largest absolute Gasteiger partial charge is 0.385 e. The number of hydrogen-bond donors (Lipinski definition) is 1. The van der Waals surface area contributed by atoms with Gasteiger partial charge in [0.15, 0.2) is 9.57 Å². The second-order valence-corrected chi connectivity index (χ2v) is 8.58. The van der Waals surface area contributed by atoms with Crippen LogP contribution in [0.2, 0.25) is 0 Å². The predicted octanol–water partition coefficient (Wildman–Crippen LogP) is 3.89. The summed E-state index contributed by atoms with van der Waals surface area (Å²) in [5.41, 5.74) is 1.07. The number of carbonyl (C=O) groups is 1. The fraction of sp³-hybridized carbons (Fsp3) is 0.217. The highest BCUT2D eigenvalue weighted by Crippen LogP contribution is 2.13. The van der Waals surface area contributed by atoms with Gasteiger partial charge in [-0.3, -0.25) is 14.2 Å². The monoisotopic (exact) mass is 484 g/mol. The summed E-state index contributed by atoms with van der Waals surface area (Å²) < 4.78 is 22.5. The van der Waals surface area contributed by atoms with E-state index in [9.17, 15) is 14.0 Å². The summed E-state index contributed by atoms with van der Waals surface area (Å²) in [6, 6.07) is 11.2. The van der Waals surface area contributed by atoms with Gasteiger partial charge in [0, 0.05) is 43.0 Å². The van der Waals surface area contributed by atoms with Crippen LogP contribution < -0.4 is 10.4 Å². The van der Waals surface area contributed by atoms with E-state index in [4.69, 9.17) is 17.0 Å². The first-order valence-corrected chi connectivity index (χ1v) is 11.5. The van der Waals surface area contributed by atoms with E-state index in [1.165, 1.54) is 22.0 Å². The van der Waals surface area contributed by atoms with E-state index in [1.54, 1.807) is 59.7 Å². The van der Waals surface area contributed by atoms with Crippen LogP contribution >= 0.6 is 23.6 Å². The molecule has 0 fully saturated rings. The molecule has 2 heterocycles.